The van der Waals surface area contributed by atoms with Crippen LogP contribution in [0.3, 0.4) is 0 Å². The Morgan fingerprint density at radius 2 is 1.88 bits per heavy atom. The molecule has 0 heterocycles. The van der Waals surface area contributed by atoms with Gasteiger partial charge in [-0.2, -0.15) is 0 Å². The van der Waals surface area contributed by atoms with Crippen LogP contribution in [0.2, 0.25) is 0 Å². The fraction of sp³-hybridized carbons (Fsp3) is 0.611. The number of nitrogens with two attached hydrogens (primary N) is 1. The van der Waals surface area contributed by atoms with Gasteiger partial charge >= 0.3 is 0 Å². The first kappa shape index (κ1) is 19.3. The molecule has 0 radical (unpaired) electrons. The van der Waals surface area contributed by atoms with Crippen molar-refractivity contribution in [2.75, 3.05) is 5.32 Å². The lowest BCUT2D eigenvalue weighted by molar-refractivity contribution is -0.121. The number of amides is 1. The zero-order valence-electron chi connectivity index (χ0n) is 15.3. The third-order valence-corrected chi connectivity index (χ3v) is 6.99. The molecule has 6 nitrogen and oxygen atoms in total. The van der Waals surface area contributed by atoms with E-state index >= 15 is 0 Å². The average molecular weight is 383 g/mol. The van der Waals surface area contributed by atoms with Gasteiger partial charge in [-0.05, 0) is 70.1 Å². The van der Waals surface area contributed by atoms with E-state index in [1.54, 1.807) is 20.8 Å². The van der Waals surface area contributed by atoms with E-state index in [1.165, 1.54) is 6.07 Å². The van der Waals surface area contributed by atoms with Gasteiger partial charge in [-0.1, -0.05) is 0 Å². The molecule has 2 aliphatic rings. The topological polar surface area (TPSA) is 101 Å². The maximum atomic E-state index is 14.1. The predicted octanol–water partition coefficient (Wildman–Crippen LogP) is 2.21. The molecule has 4 atom stereocenters. The number of nitrogens with one attached hydrogen (secondary N) is 2. The van der Waals surface area contributed by atoms with Crippen LogP contribution in [0.1, 0.15) is 40.0 Å². The molecule has 8 heteroatoms. The maximum absolute atomic E-state index is 14.1. The molecular weight excluding hydrogens is 357 g/mol. The van der Waals surface area contributed by atoms with Crippen molar-refractivity contribution in [3.05, 3.63) is 24.0 Å². The van der Waals surface area contributed by atoms with E-state index in [0.29, 0.717) is 5.92 Å². The van der Waals surface area contributed by atoms with E-state index in [9.17, 15) is 17.6 Å². The van der Waals surface area contributed by atoms with Crippen molar-refractivity contribution in [1.82, 2.24) is 4.72 Å². The molecule has 2 bridgehead atoms. The van der Waals surface area contributed by atoms with E-state index in [2.05, 4.69) is 10.0 Å². The number of rotatable bonds is 4. The maximum Gasteiger partial charge on any atom is 0.244 e. The van der Waals surface area contributed by atoms with Gasteiger partial charge in [0.2, 0.25) is 15.9 Å². The Bertz CT molecular complexity index is 817. The third-order valence-electron chi connectivity index (χ3n) is 5.21. The lowest BCUT2D eigenvalue weighted by Gasteiger charge is -2.27. The number of anilines is 1. The van der Waals surface area contributed by atoms with E-state index in [1.807, 2.05) is 0 Å². The van der Waals surface area contributed by atoms with Crippen LogP contribution in [0, 0.1) is 23.6 Å². The Morgan fingerprint density at radius 3 is 2.46 bits per heavy atom. The number of fused-ring (bicyclic) bond motifs is 2. The third kappa shape index (κ3) is 3.77. The van der Waals surface area contributed by atoms with Crippen molar-refractivity contribution in [2.24, 2.45) is 23.5 Å². The largest absolute Gasteiger partial charge is 0.327 e. The van der Waals surface area contributed by atoms with Crippen molar-refractivity contribution in [2.45, 2.75) is 56.5 Å². The Hall–Kier alpha value is -1.51. The normalized spacial score (nSPS) is 28.3. The standard InChI is InChI=1S/C18H26FN3O3S/c1-18(2,3)22-26(24,25)14-9-12(6-7-13(14)19)21-17(23)15-10-4-5-11(8-10)16(15)20/h6-7,9-11,15-16,22H,4-5,8,20H2,1-3H3,(H,21,23). The molecule has 1 amide bonds. The Labute approximate surface area is 153 Å². The molecule has 0 aromatic heterocycles. The van der Waals surface area contributed by atoms with Crippen LogP contribution in [-0.2, 0) is 14.8 Å². The molecule has 4 N–H and O–H groups in total. The number of carbonyl (C=O) groups is 1. The van der Waals surface area contributed by atoms with E-state index < -0.39 is 26.3 Å². The van der Waals surface area contributed by atoms with Crippen LogP contribution in [0.25, 0.3) is 0 Å². The molecule has 2 saturated carbocycles. The fourth-order valence-electron chi connectivity index (χ4n) is 4.20. The van der Waals surface area contributed by atoms with E-state index in [-0.39, 0.29) is 29.5 Å². The first-order chi connectivity index (χ1) is 12.0. The van der Waals surface area contributed by atoms with Crippen molar-refractivity contribution < 1.29 is 17.6 Å². The van der Waals surface area contributed by atoms with Gasteiger partial charge in [0.15, 0.2) is 0 Å². The number of hydrogen-bond donors (Lipinski definition) is 3. The smallest absolute Gasteiger partial charge is 0.244 e. The van der Waals surface area contributed by atoms with Crippen LogP contribution in [-0.4, -0.2) is 25.9 Å². The van der Waals surface area contributed by atoms with Crippen molar-refractivity contribution in [3.8, 4) is 0 Å². The minimum Gasteiger partial charge on any atom is -0.327 e. The van der Waals surface area contributed by atoms with Gasteiger partial charge in [0.05, 0.1) is 5.92 Å². The lowest BCUT2D eigenvalue weighted by atomic mass is 9.84. The van der Waals surface area contributed by atoms with Gasteiger partial charge in [0, 0.05) is 17.3 Å². The summed E-state index contributed by atoms with van der Waals surface area (Å²) in [6.07, 6.45) is 3.03. The monoisotopic (exact) mass is 383 g/mol. The van der Waals surface area contributed by atoms with Gasteiger partial charge < -0.3 is 11.1 Å². The van der Waals surface area contributed by atoms with Crippen LogP contribution >= 0.6 is 0 Å². The molecular formula is C18H26FN3O3S. The SMILES string of the molecule is CC(C)(C)NS(=O)(=O)c1cc(NC(=O)C2C3CCC(C3)C2N)ccc1F. The minimum absolute atomic E-state index is 0.167. The van der Waals surface area contributed by atoms with E-state index in [0.717, 1.165) is 31.4 Å². The number of halogens is 1. The van der Waals surface area contributed by atoms with Gasteiger partial charge in [-0.25, -0.2) is 17.5 Å². The van der Waals surface area contributed by atoms with Gasteiger partial charge in [-0.15, -0.1) is 0 Å². The van der Waals surface area contributed by atoms with Gasteiger partial charge in [-0.3, -0.25) is 4.79 Å². The first-order valence-corrected chi connectivity index (χ1v) is 10.4. The molecule has 2 fully saturated rings. The Kier molecular flexibility index (Phi) is 4.87. The van der Waals surface area contributed by atoms with Crippen molar-refractivity contribution >= 4 is 21.6 Å². The zero-order valence-corrected chi connectivity index (χ0v) is 16.1. The van der Waals surface area contributed by atoms with Crippen molar-refractivity contribution in [3.63, 3.8) is 0 Å². The predicted molar refractivity (Wildman–Crippen MR) is 97.4 cm³/mol. The highest BCUT2D eigenvalue weighted by molar-refractivity contribution is 7.89. The summed E-state index contributed by atoms with van der Waals surface area (Å²) in [6, 6.07) is 3.40. The highest BCUT2D eigenvalue weighted by atomic mass is 32.2. The van der Waals surface area contributed by atoms with Gasteiger partial charge in [0.1, 0.15) is 10.7 Å². The molecule has 4 unspecified atom stereocenters. The zero-order chi connectivity index (χ0) is 19.3. The molecule has 144 valence electrons. The Balaban J connectivity index is 1.81. The molecule has 26 heavy (non-hydrogen) atoms. The van der Waals surface area contributed by atoms with E-state index in [4.69, 9.17) is 5.73 Å². The summed E-state index contributed by atoms with van der Waals surface area (Å²) in [4.78, 5) is 12.2. The number of benzene rings is 1. The summed E-state index contributed by atoms with van der Waals surface area (Å²) in [5.41, 5.74) is 5.69. The minimum atomic E-state index is -4.05. The summed E-state index contributed by atoms with van der Waals surface area (Å²) in [5, 5.41) is 2.72. The second-order valence-corrected chi connectivity index (χ2v) is 10.1. The number of sulfonamides is 1. The van der Waals surface area contributed by atoms with Gasteiger partial charge in [0.25, 0.3) is 0 Å². The summed E-state index contributed by atoms with van der Waals surface area (Å²) >= 11 is 0. The summed E-state index contributed by atoms with van der Waals surface area (Å²) < 4.78 is 41.4. The second-order valence-electron chi connectivity index (χ2n) is 8.43. The lowest BCUT2D eigenvalue weighted by Crippen LogP contribution is -2.42. The number of hydrogen-bond acceptors (Lipinski definition) is 4. The quantitative estimate of drug-likeness (QED) is 0.742. The van der Waals surface area contributed by atoms with Crippen LogP contribution in [0.5, 0.6) is 0 Å². The van der Waals surface area contributed by atoms with Crippen LogP contribution in [0.15, 0.2) is 23.1 Å². The summed E-state index contributed by atoms with van der Waals surface area (Å²) in [7, 11) is -4.05. The fourth-order valence-corrected chi connectivity index (χ4v) is 5.72. The summed E-state index contributed by atoms with van der Waals surface area (Å²) in [6.45, 7) is 5.01. The molecule has 1 aromatic carbocycles. The first-order valence-electron chi connectivity index (χ1n) is 8.88. The van der Waals surface area contributed by atoms with Crippen LogP contribution in [0.4, 0.5) is 10.1 Å². The molecule has 0 aliphatic heterocycles. The average Bonchev–Trinajstić information content (AvgIpc) is 3.07. The summed E-state index contributed by atoms with van der Waals surface area (Å²) in [5.74, 6) is -0.691. The molecule has 3 rings (SSSR count). The molecule has 0 saturated heterocycles. The Morgan fingerprint density at radius 1 is 1.23 bits per heavy atom. The second kappa shape index (κ2) is 6.58. The number of carbonyl (C=O) groups excluding carboxylic acids is 1. The highest BCUT2D eigenvalue weighted by Gasteiger charge is 2.49. The molecule has 2 aliphatic carbocycles. The molecule has 0 spiro atoms. The van der Waals surface area contributed by atoms with Crippen molar-refractivity contribution in [1.29, 1.82) is 0 Å². The molecule has 1 aromatic rings. The van der Waals surface area contributed by atoms with Crippen LogP contribution < -0.4 is 15.8 Å². The highest BCUT2D eigenvalue weighted by Crippen LogP contribution is 2.47.